The van der Waals surface area contributed by atoms with Crippen molar-refractivity contribution >= 4 is 15.9 Å². The van der Waals surface area contributed by atoms with Gasteiger partial charge in [-0.05, 0) is 22.0 Å². The van der Waals surface area contributed by atoms with Crippen molar-refractivity contribution in [3.63, 3.8) is 0 Å². The lowest BCUT2D eigenvalue weighted by Gasteiger charge is -2.18. The first-order valence-electron chi connectivity index (χ1n) is 3.95. The lowest BCUT2D eigenvalue weighted by atomic mass is 10.1. The summed E-state index contributed by atoms with van der Waals surface area (Å²) in [5.74, 6) is -0.0117. The fourth-order valence-electron chi connectivity index (χ4n) is 1.13. The summed E-state index contributed by atoms with van der Waals surface area (Å²) in [6, 6.07) is 4.10. The number of benzene rings is 1. The number of aliphatic hydroxyl groups excluding tert-OH is 1. The molecule has 0 spiro atoms. The van der Waals surface area contributed by atoms with Crippen LogP contribution in [-0.4, -0.2) is 18.4 Å². The van der Waals surface area contributed by atoms with Gasteiger partial charge in [0.05, 0.1) is 11.6 Å². The summed E-state index contributed by atoms with van der Waals surface area (Å²) in [7, 11) is 1.24. The van der Waals surface area contributed by atoms with Crippen molar-refractivity contribution in [2.24, 2.45) is 0 Å². The van der Waals surface area contributed by atoms with E-state index in [4.69, 9.17) is 9.84 Å². The predicted octanol–water partition coefficient (Wildman–Crippen LogP) is 3.05. The van der Waals surface area contributed by atoms with Gasteiger partial charge in [0.1, 0.15) is 5.75 Å². The third kappa shape index (κ3) is 2.63. The Balaban J connectivity index is 3.20. The molecule has 0 saturated carbocycles. The molecule has 0 unspecified atom stereocenters. The van der Waals surface area contributed by atoms with Crippen LogP contribution in [0.5, 0.6) is 5.75 Å². The summed E-state index contributed by atoms with van der Waals surface area (Å²) < 4.78 is 41.9. The number of methoxy groups -OCH3 is 1. The van der Waals surface area contributed by atoms with Gasteiger partial charge < -0.3 is 9.84 Å². The van der Waals surface area contributed by atoms with Gasteiger partial charge in [0.15, 0.2) is 6.10 Å². The lowest BCUT2D eigenvalue weighted by Crippen LogP contribution is -2.20. The predicted molar refractivity (Wildman–Crippen MR) is 51.7 cm³/mol. The van der Waals surface area contributed by atoms with Crippen LogP contribution in [0.2, 0.25) is 0 Å². The molecule has 0 aliphatic rings. The van der Waals surface area contributed by atoms with Gasteiger partial charge in [0.2, 0.25) is 0 Å². The molecule has 6 heteroatoms. The molecule has 1 atom stereocenters. The zero-order valence-corrected chi connectivity index (χ0v) is 9.26. The van der Waals surface area contributed by atoms with Crippen LogP contribution in [0.1, 0.15) is 11.7 Å². The van der Waals surface area contributed by atoms with E-state index in [1.807, 2.05) is 0 Å². The maximum atomic E-state index is 12.3. The second-order valence-corrected chi connectivity index (χ2v) is 3.66. The van der Waals surface area contributed by atoms with E-state index in [2.05, 4.69) is 15.9 Å². The standard InChI is InChI=1S/C9H8BrF3O2/c1-15-7-5(3-2-4-6(7)10)8(14)9(11,12)13/h2-4,8,14H,1H3/t8-/m0/s1. The summed E-state index contributed by atoms with van der Waals surface area (Å²) >= 11 is 3.04. The maximum Gasteiger partial charge on any atom is 0.418 e. The number of aliphatic hydroxyl groups is 1. The van der Waals surface area contributed by atoms with Crippen molar-refractivity contribution in [1.82, 2.24) is 0 Å². The molecule has 1 aromatic carbocycles. The Hall–Kier alpha value is -0.750. The average Bonchev–Trinajstić information content (AvgIpc) is 2.14. The number of rotatable bonds is 2. The fourth-order valence-corrected chi connectivity index (χ4v) is 1.68. The average molecular weight is 285 g/mol. The van der Waals surface area contributed by atoms with Crippen LogP contribution >= 0.6 is 15.9 Å². The highest BCUT2D eigenvalue weighted by molar-refractivity contribution is 9.10. The summed E-state index contributed by atoms with van der Waals surface area (Å²) in [5, 5.41) is 9.07. The molecule has 0 aromatic heterocycles. The summed E-state index contributed by atoms with van der Waals surface area (Å²) in [5.41, 5.74) is -0.306. The van der Waals surface area contributed by atoms with Crippen molar-refractivity contribution in [3.8, 4) is 5.75 Å². The van der Waals surface area contributed by atoms with Gasteiger partial charge in [-0.2, -0.15) is 13.2 Å². The molecule has 0 aliphatic carbocycles. The van der Waals surface area contributed by atoms with Gasteiger partial charge in [-0.25, -0.2) is 0 Å². The molecule has 2 nitrogen and oxygen atoms in total. The molecule has 0 amide bonds. The molecule has 0 fully saturated rings. The van der Waals surface area contributed by atoms with Gasteiger partial charge in [-0.1, -0.05) is 12.1 Å². The zero-order chi connectivity index (χ0) is 11.6. The van der Waals surface area contributed by atoms with Crippen molar-refractivity contribution in [2.75, 3.05) is 7.11 Å². The summed E-state index contributed by atoms with van der Waals surface area (Å²) in [6.45, 7) is 0. The third-order valence-electron chi connectivity index (χ3n) is 1.81. The number of halogens is 4. The second-order valence-electron chi connectivity index (χ2n) is 2.81. The van der Waals surface area contributed by atoms with Gasteiger partial charge in [0, 0.05) is 5.56 Å². The lowest BCUT2D eigenvalue weighted by molar-refractivity contribution is -0.207. The van der Waals surface area contributed by atoms with E-state index in [0.717, 1.165) is 0 Å². The molecule has 0 aliphatic heterocycles. The molecule has 1 aromatic rings. The molecule has 0 heterocycles. The Morgan fingerprint density at radius 1 is 1.40 bits per heavy atom. The van der Waals surface area contributed by atoms with Gasteiger partial charge in [0.25, 0.3) is 0 Å². The number of alkyl halides is 3. The second kappa shape index (κ2) is 4.40. The number of para-hydroxylation sites is 1. The van der Waals surface area contributed by atoms with E-state index in [0.29, 0.717) is 4.47 Å². The van der Waals surface area contributed by atoms with Crippen molar-refractivity contribution in [3.05, 3.63) is 28.2 Å². The Kier molecular flexibility index (Phi) is 3.62. The molecular formula is C9H8BrF3O2. The molecular weight excluding hydrogens is 277 g/mol. The zero-order valence-electron chi connectivity index (χ0n) is 7.68. The molecule has 0 saturated heterocycles. The van der Waals surface area contributed by atoms with E-state index in [1.165, 1.54) is 25.3 Å². The van der Waals surface area contributed by atoms with Crippen LogP contribution in [0.4, 0.5) is 13.2 Å². The van der Waals surface area contributed by atoms with E-state index in [9.17, 15) is 13.2 Å². The van der Waals surface area contributed by atoms with Gasteiger partial charge >= 0.3 is 6.18 Å². The first kappa shape index (κ1) is 12.3. The van der Waals surface area contributed by atoms with Crippen LogP contribution in [0, 0.1) is 0 Å². The van der Waals surface area contributed by atoms with E-state index >= 15 is 0 Å². The molecule has 1 N–H and O–H groups in total. The molecule has 84 valence electrons. The summed E-state index contributed by atoms with van der Waals surface area (Å²) in [4.78, 5) is 0. The Morgan fingerprint density at radius 3 is 2.47 bits per heavy atom. The highest BCUT2D eigenvalue weighted by Gasteiger charge is 2.41. The number of ether oxygens (including phenoxy) is 1. The number of hydrogen-bond acceptors (Lipinski definition) is 2. The highest BCUT2D eigenvalue weighted by Crippen LogP contribution is 2.39. The van der Waals surface area contributed by atoms with E-state index in [1.54, 1.807) is 0 Å². The monoisotopic (exact) mass is 284 g/mol. The van der Waals surface area contributed by atoms with Crippen molar-refractivity contribution < 1.29 is 23.0 Å². The minimum absolute atomic E-state index is 0.0117. The third-order valence-corrected chi connectivity index (χ3v) is 2.43. The van der Waals surface area contributed by atoms with E-state index in [-0.39, 0.29) is 11.3 Å². The fraction of sp³-hybridized carbons (Fsp3) is 0.333. The minimum Gasteiger partial charge on any atom is -0.495 e. The van der Waals surface area contributed by atoms with Crippen molar-refractivity contribution in [2.45, 2.75) is 12.3 Å². The van der Waals surface area contributed by atoms with Crippen LogP contribution in [0.3, 0.4) is 0 Å². The first-order valence-corrected chi connectivity index (χ1v) is 4.74. The SMILES string of the molecule is COc1c(Br)cccc1[C@H](O)C(F)(F)F. The topological polar surface area (TPSA) is 29.5 Å². The van der Waals surface area contributed by atoms with Crippen LogP contribution < -0.4 is 4.74 Å². The maximum absolute atomic E-state index is 12.3. The van der Waals surface area contributed by atoms with Crippen LogP contribution in [0.25, 0.3) is 0 Å². The van der Waals surface area contributed by atoms with Crippen molar-refractivity contribution in [1.29, 1.82) is 0 Å². The smallest absolute Gasteiger partial charge is 0.418 e. The Morgan fingerprint density at radius 2 is 2.00 bits per heavy atom. The normalized spacial score (nSPS) is 13.7. The Bertz CT molecular complexity index is 352. The molecule has 0 bridgehead atoms. The molecule has 0 radical (unpaired) electrons. The van der Waals surface area contributed by atoms with Crippen LogP contribution in [0.15, 0.2) is 22.7 Å². The van der Waals surface area contributed by atoms with Gasteiger partial charge in [-0.3, -0.25) is 0 Å². The number of hydrogen-bond donors (Lipinski definition) is 1. The molecule has 15 heavy (non-hydrogen) atoms. The minimum atomic E-state index is -4.70. The van der Waals surface area contributed by atoms with E-state index < -0.39 is 12.3 Å². The quantitative estimate of drug-likeness (QED) is 0.905. The van der Waals surface area contributed by atoms with Crippen LogP contribution in [-0.2, 0) is 0 Å². The Labute approximate surface area is 92.8 Å². The van der Waals surface area contributed by atoms with Gasteiger partial charge in [-0.15, -0.1) is 0 Å². The first-order chi connectivity index (χ1) is 6.88. The largest absolute Gasteiger partial charge is 0.495 e. The summed E-state index contributed by atoms with van der Waals surface area (Å²) in [6.07, 6.45) is -7.24. The molecule has 1 rings (SSSR count). The highest BCUT2D eigenvalue weighted by atomic mass is 79.9.